The molecule has 2 unspecified atom stereocenters. The molecule has 0 N–H and O–H groups in total. The van der Waals surface area contributed by atoms with Gasteiger partial charge in [-0.05, 0) is 24.7 Å². The molecule has 0 aromatic carbocycles. The van der Waals surface area contributed by atoms with Gasteiger partial charge in [0, 0.05) is 4.43 Å². The Hall–Kier alpha value is 0.690. The van der Waals surface area contributed by atoms with Crippen LogP contribution in [0, 0.1) is 5.41 Å². The second kappa shape index (κ2) is 4.27. The molecule has 1 rings (SSSR count). The third kappa shape index (κ3) is 3.60. The lowest BCUT2D eigenvalue weighted by atomic mass is 9.88. The Labute approximate surface area is 89.4 Å². The average molecular weight is 282 g/mol. The summed E-state index contributed by atoms with van der Waals surface area (Å²) in [5.41, 5.74) is 0.421. The maximum absolute atomic E-state index is 5.88. The van der Waals surface area contributed by atoms with E-state index in [0.29, 0.717) is 17.6 Å². The second-order valence-corrected chi connectivity index (χ2v) is 5.76. The van der Waals surface area contributed by atoms with Crippen molar-refractivity contribution in [3.63, 3.8) is 0 Å². The Morgan fingerprint density at radius 3 is 2.25 bits per heavy atom. The van der Waals surface area contributed by atoms with Crippen LogP contribution in [0.2, 0.25) is 0 Å². The molecule has 1 heterocycles. The summed E-state index contributed by atoms with van der Waals surface area (Å²) in [5.74, 6) is 0. The van der Waals surface area contributed by atoms with Gasteiger partial charge in [-0.1, -0.05) is 43.4 Å². The molecule has 1 aliphatic rings. The number of rotatable bonds is 2. The van der Waals surface area contributed by atoms with E-state index in [-0.39, 0.29) is 0 Å². The van der Waals surface area contributed by atoms with Crippen molar-refractivity contribution in [3.05, 3.63) is 0 Å². The van der Waals surface area contributed by atoms with Crippen LogP contribution in [0.5, 0.6) is 0 Å². The summed E-state index contributed by atoms with van der Waals surface area (Å²) >= 11 is 2.41. The molecule has 0 saturated carbocycles. The Balaban J connectivity index is 2.28. The van der Waals surface area contributed by atoms with Crippen LogP contribution >= 0.6 is 22.6 Å². The number of halogens is 1. The van der Waals surface area contributed by atoms with E-state index in [1.165, 1.54) is 19.3 Å². The van der Waals surface area contributed by atoms with Crippen LogP contribution < -0.4 is 0 Å². The van der Waals surface area contributed by atoms with Crippen LogP contribution in [0.15, 0.2) is 0 Å². The first-order valence-electron chi connectivity index (χ1n) is 4.73. The first-order chi connectivity index (χ1) is 5.51. The number of ether oxygens (including phenoxy) is 1. The largest absolute Gasteiger partial charge is 0.374 e. The van der Waals surface area contributed by atoms with Crippen molar-refractivity contribution in [1.29, 1.82) is 0 Å². The molecule has 0 radical (unpaired) electrons. The molecule has 1 nitrogen and oxygen atoms in total. The van der Waals surface area contributed by atoms with Crippen LogP contribution in [0.1, 0.15) is 40.0 Å². The van der Waals surface area contributed by atoms with Crippen molar-refractivity contribution in [2.45, 2.75) is 52.2 Å². The molecule has 0 bridgehead atoms. The lowest BCUT2D eigenvalue weighted by molar-refractivity contribution is 0.0351. The van der Waals surface area contributed by atoms with E-state index in [4.69, 9.17) is 4.74 Å². The Kier molecular flexibility index (Phi) is 3.83. The summed E-state index contributed by atoms with van der Waals surface area (Å²) in [7, 11) is 0. The van der Waals surface area contributed by atoms with E-state index in [1.54, 1.807) is 0 Å². The maximum atomic E-state index is 5.88. The minimum Gasteiger partial charge on any atom is -0.374 e. The highest BCUT2D eigenvalue weighted by Gasteiger charge is 2.27. The molecule has 2 heteroatoms. The maximum Gasteiger partial charge on any atom is 0.0669 e. The Bertz CT molecular complexity index is 139. The fourth-order valence-electron chi connectivity index (χ4n) is 1.73. The molecule has 0 aromatic rings. The molecule has 0 spiro atoms. The van der Waals surface area contributed by atoms with E-state index in [1.807, 2.05) is 0 Å². The summed E-state index contributed by atoms with van der Waals surface area (Å²) in [6.45, 7) is 6.86. The summed E-state index contributed by atoms with van der Waals surface area (Å²) in [4.78, 5) is 0. The smallest absolute Gasteiger partial charge is 0.0669 e. The van der Waals surface area contributed by atoms with E-state index in [2.05, 4.69) is 43.4 Å². The monoisotopic (exact) mass is 282 g/mol. The zero-order chi connectivity index (χ0) is 9.19. The molecule has 72 valence electrons. The van der Waals surface area contributed by atoms with E-state index in [0.717, 1.165) is 4.43 Å². The molecule has 1 fully saturated rings. The molecular formula is C10H19IO. The molecule has 12 heavy (non-hydrogen) atoms. The highest BCUT2D eigenvalue weighted by molar-refractivity contribution is 14.1. The lowest BCUT2D eigenvalue weighted by Crippen LogP contribution is -2.18. The van der Waals surface area contributed by atoms with Gasteiger partial charge in [-0.15, -0.1) is 0 Å². The third-order valence-corrected chi connectivity index (χ3v) is 3.19. The van der Waals surface area contributed by atoms with Gasteiger partial charge in [0.2, 0.25) is 0 Å². The highest BCUT2D eigenvalue weighted by Crippen LogP contribution is 2.30. The molecule has 1 aliphatic heterocycles. The van der Waals surface area contributed by atoms with Gasteiger partial charge in [-0.2, -0.15) is 0 Å². The predicted octanol–water partition coefficient (Wildman–Crippen LogP) is 3.41. The van der Waals surface area contributed by atoms with Gasteiger partial charge in [-0.25, -0.2) is 0 Å². The lowest BCUT2D eigenvalue weighted by Gasteiger charge is -2.22. The van der Waals surface area contributed by atoms with Crippen LogP contribution in [-0.4, -0.2) is 16.6 Å². The summed E-state index contributed by atoms with van der Waals surface area (Å²) in [6, 6.07) is 0. The summed E-state index contributed by atoms with van der Waals surface area (Å²) in [5, 5.41) is 0. The van der Waals surface area contributed by atoms with Crippen LogP contribution in [0.25, 0.3) is 0 Å². The fourth-order valence-corrected chi connectivity index (χ4v) is 2.37. The van der Waals surface area contributed by atoms with E-state index in [9.17, 15) is 0 Å². The number of hydrogen-bond donors (Lipinski definition) is 0. The number of alkyl halides is 1. The Morgan fingerprint density at radius 1 is 1.25 bits per heavy atom. The molecule has 0 aliphatic carbocycles. The van der Waals surface area contributed by atoms with E-state index >= 15 is 0 Å². The molecule has 0 aromatic heterocycles. The summed E-state index contributed by atoms with van der Waals surface area (Å²) < 4.78 is 7.03. The van der Waals surface area contributed by atoms with Gasteiger partial charge >= 0.3 is 0 Å². The molecular weight excluding hydrogens is 263 g/mol. The topological polar surface area (TPSA) is 9.23 Å². The van der Waals surface area contributed by atoms with Gasteiger partial charge < -0.3 is 4.74 Å². The first kappa shape index (κ1) is 10.8. The van der Waals surface area contributed by atoms with Gasteiger partial charge in [-0.3, -0.25) is 0 Å². The second-order valence-electron chi connectivity index (χ2n) is 4.88. The van der Waals surface area contributed by atoms with Gasteiger partial charge in [0.15, 0.2) is 0 Å². The standard InChI is InChI=1S/C10H19IO/c1-10(2,3)6-8-4-5-9(7-11)12-8/h8-9H,4-7H2,1-3H3. The van der Waals surface area contributed by atoms with Crippen molar-refractivity contribution in [1.82, 2.24) is 0 Å². The highest BCUT2D eigenvalue weighted by atomic mass is 127. The van der Waals surface area contributed by atoms with Gasteiger partial charge in [0.05, 0.1) is 12.2 Å². The van der Waals surface area contributed by atoms with Gasteiger partial charge in [0.25, 0.3) is 0 Å². The van der Waals surface area contributed by atoms with Crippen molar-refractivity contribution >= 4 is 22.6 Å². The van der Waals surface area contributed by atoms with Crippen molar-refractivity contribution in [2.24, 2.45) is 5.41 Å². The zero-order valence-corrected chi connectivity index (χ0v) is 10.4. The number of hydrogen-bond acceptors (Lipinski definition) is 1. The van der Waals surface area contributed by atoms with Crippen LogP contribution in [0.3, 0.4) is 0 Å². The van der Waals surface area contributed by atoms with Crippen LogP contribution in [0.4, 0.5) is 0 Å². The average Bonchev–Trinajstić information content (AvgIpc) is 2.32. The van der Waals surface area contributed by atoms with Gasteiger partial charge in [0.1, 0.15) is 0 Å². The zero-order valence-electron chi connectivity index (χ0n) is 8.27. The molecule has 2 atom stereocenters. The normalized spacial score (nSPS) is 31.0. The predicted molar refractivity (Wildman–Crippen MR) is 60.9 cm³/mol. The SMILES string of the molecule is CC(C)(C)CC1CCC(CI)O1. The quantitative estimate of drug-likeness (QED) is 0.557. The summed E-state index contributed by atoms with van der Waals surface area (Å²) in [6.07, 6.45) is 4.82. The molecule has 0 amide bonds. The van der Waals surface area contributed by atoms with Crippen molar-refractivity contribution < 1.29 is 4.74 Å². The fraction of sp³-hybridized carbons (Fsp3) is 1.00. The van der Waals surface area contributed by atoms with Crippen molar-refractivity contribution in [3.8, 4) is 0 Å². The first-order valence-corrected chi connectivity index (χ1v) is 6.25. The molecule has 1 saturated heterocycles. The third-order valence-electron chi connectivity index (χ3n) is 2.21. The van der Waals surface area contributed by atoms with Crippen LogP contribution in [-0.2, 0) is 4.74 Å². The minimum atomic E-state index is 0.421. The van der Waals surface area contributed by atoms with Crippen molar-refractivity contribution in [2.75, 3.05) is 4.43 Å². The minimum absolute atomic E-state index is 0.421. The van der Waals surface area contributed by atoms with E-state index < -0.39 is 0 Å². The Morgan fingerprint density at radius 2 is 1.83 bits per heavy atom.